The van der Waals surface area contributed by atoms with Crippen LogP contribution in [0.2, 0.25) is 0 Å². The van der Waals surface area contributed by atoms with Gasteiger partial charge in [0.1, 0.15) is 6.04 Å². The number of unbranched alkanes of at least 4 members (excludes halogenated alkanes) is 2. The van der Waals surface area contributed by atoms with E-state index in [1.807, 2.05) is 0 Å². The first kappa shape index (κ1) is 11.0. The van der Waals surface area contributed by atoms with Gasteiger partial charge in [-0.25, -0.2) is 4.79 Å². The number of carbonyl (C=O) groups excluding carboxylic acids is 1. The highest BCUT2D eigenvalue weighted by atomic mass is 16.4. The van der Waals surface area contributed by atoms with E-state index in [9.17, 15) is 9.59 Å². The number of hydrogen-bond acceptors (Lipinski definition) is 2. The van der Waals surface area contributed by atoms with E-state index in [4.69, 9.17) is 5.11 Å². The monoisotopic (exact) mass is 199 g/mol. The third-order valence-corrected chi connectivity index (χ3v) is 2.68. The maximum Gasteiger partial charge on any atom is 0.326 e. The second kappa shape index (κ2) is 4.98. The molecule has 1 rings (SSSR count). The molecule has 0 bridgehead atoms. The van der Waals surface area contributed by atoms with Crippen LogP contribution in [0.3, 0.4) is 0 Å². The average Bonchev–Trinajstić information content (AvgIpc) is 2.47. The lowest BCUT2D eigenvalue weighted by Gasteiger charge is -2.13. The van der Waals surface area contributed by atoms with Crippen molar-refractivity contribution in [3.63, 3.8) is 0 Å². The Kier molecular flexibility index (Phi) is 3.92. The van der Waals surface area contributed by atoms with Crippen molar-refractivity contribution >= 4 is 11.9 Å². The lowest BCUT2D eigenvalue weighted by atomic mass is 9.94. The maximum atomic E-state index is 11.0. The van der Waals surface area contributed by atoms with Gasteiger partial charge in [0, 0.05) is 6.42 Å². The summed E-state index contributed by atoms with van der Waals surface area (Å²) in [6, 6.07) is -0.653. The number of rotatable bonds is 5. The molecule has 1 heterocycles. The number of carbonyl (C=O) groups is 2. The van der Waals surface area contributed by atoms with Crippen molar-refractivity contribution in [3.05, 3.63) is 0 Å². The maximum absolute atomic E-state index is 11.0. The summed E-state index contributed by atoms with van der Waals surface area (Å²) in [6.45, 7) is 2.10. The topological polar surface area (TPSA) is 66.4 Å². The zero-order chi connectivity index (χ0) is 10.6. The molecule has 0 aromatic rings. The van der Waals surface area contributed by atoms with Crippen molar-refractivity contribution in [2.45, 2.75) is 45.1 Å². The number of carboxylic acid groups (broad SMARTS) is 1. The second-order valence-corrected chi connectivity index (χ2v) is 3.84. The van der Waals surface area contributed by atoms with E-state index < -0.39 is 12.0 Å². The van der Waals surface area contributed by atoms with Crippen LogP contribution in [-0.4, -0.2) is 23.0 Å². The normalized spacial score (nSPS) is 26.2. The predicted molar refractivity (Wildman–Crippen MR) is 51.8 cm³/mol. The van der Waals surface area contributed by atoms with Gasteiger partial charge < -0.3 is 10.4 Å². The Morgan fingerprint density at radius 1 is 1.57 bits per heavy atom. The average molecular weight is 199 g/mol. The van der Waals surface area contributed by atoms with E-state index in [2.05, 4.69) is 12.2 Å². The Labute approximate surface area is 83.7 Å². The molecule has 1 aliphatic rings. The fourth-order valence-electron chi connectivity index (χ4n) is 1.89. The van der Waals surface area contributed by atoms with Gasteiger partial charge in [0.05, 0.1) is 0 Å². The Bertz CT molecular complexity index is 227. The van der Waals surface area contributed by atoms with Crippen molar-refractivity contribution in [1.29, 1.82) is 0 Å². The van der Waals surface area contributed by atoms with Gasteiger partial charge in [-0.1, -0.05) is 26.2 Å². The summed E-state index contributed by atoms with van der Waals surface area (Å²) in [6.07, 6.45) is 4.45. The van der Waals surface area contributed by atoms with Crippen LogP contribution in [0.15, 0.2) is 0 Å². The summed E-state index contributed by atoms with van der Waals surface area (Å²) in [5.74, 6) is -1.04. The van der Waals surface area contributed by atoms with Gasteiger partial charge in [-0.2, -0.15) is 0 Å². The molecule has 1 amide bonds. The third-order valence-electron chi connectivity index (χ3n) is 2.68. The first-order chi connectivity index (χ1) is 6.65. The van der Waals surface area contributed by atoms with E-state index in [1.54, 1.807) is 0 Å². The molecule has 0 aromatic heterocycles. The van der Waals surface area contributed by atoms with Gasteiger partial charge >= 0.3 is 5.97 Å². The van der Waals surface area contributed by atoms with Gasteiger partial charge in [-0.05, 0) is 12.3 Å². The highest BCUT2D eigenvalue weighted by molar-refractivity contribution is 5.87. The molecular weight excluding hydrogens is 182 g/mol. The van der Waals surface area contributed by atoms with Crippen LogP contribution in [0.4, 0.5) is 0 Å². The van der Waals surface area contributed by atoms with Crippen molar-refractivity contribution in [3.8, 4) is 0 Å². The van der Waals surface area contributed by atoms with Crippen molar-refractivity contribution in [2.24, 2.45) is 5.92 Å². The van der Waals surface area contributed by atoms with Gasteiger partial charge in [0.15, 0.2) is 0 Å². The highest BCUT2D eigenvalue weighted by Crippen LogP contribution is 2.23. The minimum absolute atomic E-state index is 0.00782. The molecule has 4 heteroatoms. The predicted octanol–water partition coefficient (Wildman–Crippen LogP) is 1.16. The SMILES string of the molecule is CCCCC[C@H]1CC(=O)N[C@H]1C(=O)O. The van der Waals surface area contributed by atoms with Crippen LogP contribution >= 0.6 is 0 Å². The standard InChI is InChI=1S/C10H17NO3/c1-2-3-4-5-7-6-8(12)11-9(7)10(13)14/h7,9H,2-6H2,1H3,(H,11,12)(H,13,14)/t7-,9+/m0/s1. The molecule has 2 N–H and O–H groups in total. The summed E-state index contributed by atoms with van der Waals surface area (Å²) < 4.78 is 0. The molecule has 2 atom stereocenters. The minimum Gasteiger partial charge on any atom is -0.480 e. The van der Waals surface area contributed by atoms with Crippen LogP contribution in [-0.2, 0) is 9.59 Å². The van der Waals surface area contributed by atoms with Gasteiger partial charge in [-0.3, -0.25) is 4.79 Å². The lowest BCUT2D eigenvalue weighted by molar-refractivity contribution is -0.140. The zero-order valence-corrected chi connectivity index (χ0v) is 8.45. The van der Waals surface area contributed by atoms with Crippen molar-refractivity contribution in [2.75, 3.05) is 0 Å². The zero-order valence-electron chi connectivity index (χ0n) is 8.45. The first-order valence-electron chi connectivity index (χ1n) is 5.17. The molecule has 0 unspecified atom stereocenters. The molecule has 0 radical (unpaired) electrons. The molecule has 1 aliphatic heterocycles. The Balaban J connectivity index is 2.41. The smallest absolute Gasteiger partial charge is 0.326 e. The number of hydrogen-bond donors (Lipinski definition) is 2. The molecule has 0 saturated carbocycles. The van der Waals surface area contributed by atoms with Crippen LogP contribution < -0.4 is 5.32 Å². The largest absolute Gasteiger partial charge is 0.480 e. The molecule has 0 spiro atoms. The van der Waals surface area contributed by atoms with E-state index in [1.165, 1.54) is 0 Å². The van der Waals surface area contributed by atoms with Crippen molar-refractivity contribution in [1.82, 2.24) is 5.32 Å². The Morgan fingerprint density at radius 2 is 2.29 bits per heavy atom. The Morgan fingerprint density at radius 3 is 2.86 bits per heavy atom. The summed E-state index contributed by atoms with van der Waals surface area (Å²) >= 11 is 0. The van der Waals surface area contributed by atoms with Gasteiger partial charge in [0.2, 0.25) is 5.91 Å². The van der Waals surface area contributed by atoms with Crippen LogP contribution in [0, 0.1) is 5.92 Å². The summed E-state index contributed by atoms with van der Waals surface area (Å²) in [5.41, 5.74) is 0. The van der Waals surface area contributed by atoms with E-state index in [0.29, 0.717) is 6.42 Å². The van der Waals surface area contributed by atoms with Gasteiger partial charge in [0.25, 0.3) is 0 Å². The van der Waals surface area contributed by atoms with E-state index >= 15 is 0 Å². The van der Waals surface area contributed by atoms with Crippen LogP contribution in [0.25, 0.3) is 0 Å². The van der Waals surface area contributed by atoms with Crippen molar-refractivity contribution < 1.29 is 14.7 Å². The Hall–Kier alpha value is -1.06. The van der Waals surface area contributed by atoms with Gasteiger partial charge in [-0.15, -0.1) is 0 Å². The fraction of sp³-hybridized carbons (Fsp3) is 0.800. The number of aliphatic carboxylic acids is 1. The molecular formula is C10H17NO3. The first-order valence-corrected chi connectivity index (χ1v) is 5.17. The molecule has 1 fully saturated rings. The third kappa shape index (κ3) is 2.72. The number of amides is 1. The molecule has 80 valence electrons. The number of nitrogens with one attached hydrogen (secondary N) is 1. The van der Waals surface area contributed by atoms with Crippen LogP contribution in [0.5, 0.6) is 0 Å². The molecule has 0 aromatic carbocycles. The van der Waals surface area contributed by atoms with E-state index in [0.717, 1.165) is 25.7 Å². The summed E-state index contributed by atoms with van der Waals surface area (Å²) in [4.78, 5) is 21.8. The van der Waals surface area contributed by atoms with E-state index in [-0.39, 0.29) is 11.8 Å². The molecule has 1 saturated heterocycles. The highest BCUT2D eigenvalue weighted by Gasteiger charge is 2.36. The lowest BCUT2D eigenvalue weighted by Crippen LogP contribution is -2.36. The minimum atomic E-state index is -0.905. The molecule has 0 aliphatic carbocycles. The van der Waals surface area contributed by atoms with Crippen LogP contribution in [0.1, 0.15) is 39.0 Å². The summed E-state index contributed by atoms with van der Waals surface area (Å²) in [5, 5.41) is 11.3. The summed E-state index contributed by atoms with van der Waals surface area (Å²) in [7, 11) is 0. The molecule has 4 nitrogen and oxygen atoms in total. The quantitative estimate of drug-likeness (QED) is 0.653. The second-order valence-electron chi connectivity index (χ2n) is 3.84. The molecule has 14 heavy (non-hydrogen) atoms. The number of carboxylic acids is 1. The fourth-order valence-corrected chi connectivity index (χ4v) is 1.89.